The molecule has 0 aliphatic rings. The zero-order valence-electron chi connectivity index (χ0n) is 9.08. The number of carbonyl (C=O) groups excluding carboxylic acids is 1. The molecule has 0 aromatic heterocycles. The molecular formula is C11H14BrNO2. The minimum atomic E-state index is -0.325. The van der Waals surface area contributed by atoms with Gasteiger partial charge in [-0.25, -0.2) is 4.79 Å². The SMILES string of the molecule is COC(=O)N(C)Cc1cc(Br)ccc1C. The zero-order valence-corrected chi connectivity index (χ0v) is 10.7. The molecule has 1 amide bonds. The van der Waals surface area contributed by atoms with Gasteiger partial charge in [-0.05, 0) is 30.2 Å². The Morgan fingerprint density at radius 3 is 2.80 bits per heavy atom. The van der Waals surface area contributed by atoms with Gasteiger partial charge in [0.2, 0.25) is 0 Å². The second-order valence-corrected chi connectivity index (χ2v) is 4.31. The topological polar surface area (TPSA) is 29.5 Å². The monoisotopic (exact) mass is 271 g/mol. The first-order valence-electron chi connectivity index (χ1n) is 4.58. The smallest absolute Gasteiger partial charge is 0.409 e. The van der Waals surface area contributed by atoms with E-state index in [1.54, 1.807) is 7.05 Å². The summed E-state index contributed by atoms with van der Waals surface area (Å²) >= 11 is 3.41. The lowest BCUT2D eigenvalue weighted by molar-refractivity contribution is 0.131. The molecule has 0 atom stereocenters. The molecule has 0 bridgehead atoms. The van der Waals surface area contributed by atoms with Gasteiger partial charge in [-0.3, -0.25) is 0 Å². The van der Waals surface area contributed by atoms with Crippen LogP contribution in [-0.2, 0) is 11.3 Å². The van der Waals surface area contributed by atoms with Gasteiger partial charge in [0.05, 0.1) is 7.11 Å². The van der Waals surface area contributed by atoms with Crippen LogP contribution in [0, 0.1) is 6.92 Å². The maximum atomic E-state index is 11.2. The van der Waals surface area contributed by atoms with Crippen LogP contribution in [0.5, 0.6) is 0 Å². The molecule has 3 nitrogen and oxygen atoms in total. The third-order valence-electron chi connectivity index (χ3n) is 2.20. The van der Waals surface area contributed by atoms with Crippen LogP contribution < -0.4 is 0 Å². The number of aryl methyl sites for hydroxylation is 1. The maximum Gasteiger partial charge on any atom is 0.409 e. The average Bonchev–Trinajstić information content (AvgIpc) is 2.22. The summed E-state index contributed by atoms with van der Waals surface area (Å²) in [6, 6.07) is 6.01. The van der Waals surface area contributed by atoms with Crippen molar-refractivity contribution >= 4 is 22.0 Å². The van der Waals surface area contributed by atoms with Crippen molar-refractivity contribution in [3.63, 3.8) is 0 Å². The summed E-state index contributed by atoms with van der Waals surface area (Å²) in [5.74, 6) is 0. The normalized spacial score (nSPS) is 9.87. The molecule has 0 aliphatic heterocycles. The molecule has 0 aliphatic carbocycles. The molecule has 1 rings (SSSR count). The minimum Gasteiger partial charge on any atom is -0.453 e. The zero-order chi connectivity index (χ0) is 11.4. The van der Waals surface area contributed by atoms with Gasteiger partial charge in [0.25, 0.3) is 0 Å². The molecule has 4 heteroatoms. The number of benzene rings is 1. The van der Waals surface area contributed by atoms with Crippen molar-refractivity contribution in [1.29, 1.82) is 0 Å². The van der Waals surface area contributed by atoms with E-state index in [0.717, 1.165) is 15.6 Å². The number of carbonyl (C=O) groups is 1. The lowest BCUT2D eigenvalue weighted by Crippen LogP contribution is -2.26. The number of ether oxygens (including phenoxy) is 1. The van der Waals surface area contributed by atoms with E-state index >= 15 is 0 Å². The molecule has 0 unspecified atom stereocenters. The Balaban J connectivity index is 2.80. The number of amides is 1. The molecule has 15 heavy (non-hydrogen) atoms. The van der Waals surface area contributed by atoms with E-state index in [1.807, 2.05) is 25.1 Å². The number of rotatable bonds is 2. The summed E-state index contributed by atoms with van der Waals surface area (Å²) in [4.78, 5) is 12.7. The van der Waals surface area contributed by atoms with E-state index < -0.39 is 0 Å². The van der Waals surface area contributed by atoms with Gasteiger partial charge < -0.3 is 9.64 Å². The maximum absolute atomic E-state index is 11.2. The van der Waals surface area contributed by atoms with E-state index in [1.165, 1.54) is 12.0 Å². The summed E-state index contributed by atoms with van der Waals surface area (Å²) in [5, 5.41) is 0. The molecule has 0 saturated carbocycles. The predicted octanol–water partition coefficient (Wildman–Crippen LogP) is 2.96. The van der Waals surface area contributed by atoms with Crippen LogP contribution in [0.15, 0.2) is 22.7 Å². The molecule has 0 N–H and O–H groups in total. The summed E-state index contributed by atoms with van der Waals surface area (Å²) in [7, 11) is 3.10. The number of methoxy groups -OCH3 is 1. The Hall–Kier alpha value is -1.03. The van der Waals surface area contributed by atoms with Crippen LogP contribution >= 0.6 is 15.9 Å². The molecule has 1 aromatic carbocycles. The number of nitrogens with zero attached hydrogens (tertiary/aromatic N) is 1. The minimum absolute atomic E-state index is 0.325. The molecular weight excluding hydrogens is 258 g/mol. The highest BCUT2D eigenvalue weighted by atomic mass is 79.9. The largest absolute Gasteiger partial charge is 0.453 e. The number of hydrogen-bond acceptors (Lipinski definition) is 2. The van der Waals surface area contributed by atoms with Gasteiger partial charge in [-0.1, -0.05) is 22.0 Å². The van der Waals surface area contributed by atoms with Crippen LogP contribution in [0.25, 0.3) is 0 Å². The van der Waals surface area contributed by atoms with Crippen molar-refractivity contribution in [2.45, 2.75) is 13.5 Å². The first-order chi connectivity index (χ1) is 7.04. The van der Waals surface area contributed by atoms with Crippen LogP contribution in [0.1, 0.15) is 11.1 Å². The Labute approximate surface area is 98.2 Å². The highest BCUT2D eigenvalue weighted by Crippen LogP contribution is 2.17. The Morgan fingerprint density at radius 1 is 1.53 bits per heavy atom. The van der Waals surface area contributed by atoms with Gasteiger partial charge in [0.15, 0.2) is 0 Å². The van der Waals surface area contributed by atoms with Crippen LogP contribution in [0.2, 0.25) is 0 Å². The first kappa shape index (κ1) is 12.0. The van der Waals surface area contributed by atoms with Gasteiger partial charge in [-0.15, -0.1) is 0 Å². The fraction of sp³-hybridized carbons (Fsp3) is 0.364. The lowest BCUT2D eigenvalue weighted by Gasteiger charge is -2.16. The molecule has 0 radical (unpaired) electrons. The van der Waals surface area contributed by atoms with Crippen molar-refractivity contribution in [2.75, 3.05) is 14.2 Å². The number of halogens is 1. The van der Waals surface area contributed by atoms with E-state index in [0.29, 0.717) is 6.54 Å². The summed E-state index contributed by atoms with van der Waals surface area (Å²) in [6.07, 6.45) is -0.325. The van der Waals surface area contributed by atoms with E-state index in [2.05, 4.69) is 20.7 Å². The third-order valence-corrected chi connectivity index (χ3v) is 2.70. The van der Waals surface area contributed by atoms with Crippen LogP contribution in [-0.4, -0.2) is 25.2 Å². The Morgan fingerprint density at radius 2 is 2.20 bits per heavy atom. The van der Waals surface area contributed by atoms with Crippen molar-refractivity contribution in [3.8, 4) is 0 Å². The average molecular weight is 272 g/mol. The van der Waals surface area contributed by atoms with Crippen molar-refractivity contribution < 1.29 is 9.53 Å². The first-order valence-corrected chi connectivity index (χ1v) is 5.38. The second-order valence-electron chi connectivity index (χ2n) is 3.40. The third kappa shape index (κ3) is 3.23. The van der Waals surface area contributed by atoms with E-state index in [9.17, 15) is 4.79 Å². The Bertz CT molecular complexity index is 366. The summed E-state index contributed by atoms with van der Waals surface area (Å²) in [6.45, 7) is 2.57. The molecule has 1 aromatic rings. The molecule has 0 spiro atoms. The second kappa shape index (κ2) is 5.16. The highest BCUT2D eigenvalue weighted by Gasteiger charge is 2.09. The van der Waals surface area contributed by atoms with Crippen molar-refractivity contribution in [3.05, 3.63) is 33.8 Å². The molecule has 82 valence electrons. The highest BCUT2D eigenvalue weighted by molar-refractivity contribution is 9.10. The van der Waals surface area contributed by atoms with Crippen molar-refractivity contribution in [1.82, 2.24) is 4.90 Å². The molecule has 0 saturated heterocycles. The molecule has 0 fully saturated rings. The Kier molecular flexibility index (Phi) is 4.15. The van der Waals surface area contributed by atoms with Gasteiger partial charge in [-0.2, -0.15) is 0 Å². The fourth-order valence-corrected chi connectivity index (χ4v) is 1.69. The van der Waals surface area contributed by atoms with Gasteiger partial charge in [0, 0.05) is 18.1 Å². The van der Waals surface area contributed by atoms with E-state index in [-0.39, 0.29) is 6.09 Å². The summed E-state index contributed by atoms with van der Waals surface area (Å²) < 4.78 is 5.64. The van der Waals surface area contributed by atoms with Crippen molar-refractivity contribution in [2.24, 2.45) is 0 Å². The standard InChI is InChI=1S/C11H14BrNO2/c1-8-4-5-10(12)6-9(8)7-13(2)11(14)15-3/h4-6H,7H2,1-3H3. The number of hydrogen-bond donors (Lipinski definition) is 0. The van der Waals surface area contributed by atoms with Crippen LogP contribution in [0.4, 0.5) is 4.79 Å². The predicted molar refractivity (Wildman–Crippen MR) is 62.8 cm³/mol. The lowest BCUT2D eigenvalue weighted by atomic mass is 10.1. The molecule has 0 heterocycles. The fourth-order valence-electron chi connectivity index (χ4n) is 1.29. The van der Waals surface area contributed by atoms with Gasteiger partial charge >= 0.3 is 6.09 Å². The quantitative estimate of drug-likeness (QED) is 0.828. The van der Waals surface area contributed by atoms with Gasteiger partial charge in [0.1, 0.15) is 0 Å². The van der Waals surface area contributed by atoms with Crippen LogP contribution in [0.3, 0.4) is 0 Å². The van der Waals surface area contributed by atoms with E-state index in [4.69, 9.17) is 0 Å². The summed E-state index contributed by atoms with van der Waals surface area (Å²) in [5.41, 5.74) is 2.27.